The van der Waals surface area contributed by atoms with Crippen LogP contribution in [0.1, 0.15) is 65.1 Å². The van der Waals surface area contributed by atoms with Gasteiger partial charge in [-0.15, -0.1) is 0 Å². The van der Waals surface area contributed by atoms with E-state index in [2.05, 4.69) is 48.2 Å². The van der Waals surface area contributed by atoms with E-state index < -0.39 is 0 Å². The lowest BCUT2D eigenvalue weighted by Crippen LogP contribution is -2.38. The van der Waals surface area contributed by atoms with E-state index in [1.807, 2.05) is 6.07 Å². The molecule has 0 spiro atoms. The van der Waals surface area contributed by atoms with Gasteiger partial charge in [-0.25, -0.2) is 0 Å². The fourth-order valence-electron chi connectivity index (χ4n) is 5.97. The van der Waals surface area contributed by atoms with E-state index in [1.54, 1.807) is 0 Å². The van der Waals surface area contributed by atoms with Crippen molar-refractivity contribution in [3.63, 3.8) is 0 Å². The van der Waals surface area contributed by atoms with E-state index in [-0.39, 0.29) is 12.0 Å². The average molecular weight is 373 g/mol. The minimum atomic E-state index is 0.0731. The summed E-state index contributed by atoms with van der Waals surface area (Å²) < 4.78 is 0. The number of rotatable bonds is 2. The van der Waals surface area contributed by atoms with Crippen LogP contribution in [-0.4, -0.2) is 18.2 Å². The van der Waals surface area contributed by atoms with E-state index in [9.17, 15) is 9.59 Å². The minimum Gasteiger partial charge on any atom is -0.309 e. The SMILES string of the molecule is Cc1ccc(N2C(=O)C3Cc4ccc(C=O)cc4C4CCCCCC2C34)cc1. The van der Waals surface area contributed by atoms with Crippen molar-refractivity contribution in [3.8, 4) is 0 Å². The van der Waals surface area contributed by atoms with Gasteiger partial charge in [0.1, 0.15) is 6.29 Å². The van der Waals surface area contributed by atoms with Crippen LogP contribution in [0, 0.1) is 18.8 Å². The van der Waals surface area contributed by atoms with E-state index >= 15 is 0 Å². The van der Waals surface area contributed by atoms with Crippen LogP contribution >= 0.6 is 0 Å². The molecule has 4 unspecified atom stereocenters. The fraction of sp³-hybridized carbons (Fsp3) is 0.440. The first-order valence-corrected chi connectivity index (χ1v) is 10.6. The number of carbonyl (C=O) groups excluding carboxylic acids is 2. The largest absolute Gasteiger partial charge is 0.309 e. The molecule has 2 fully saturated rings. The molecule has 144 valence electrons. The Morgan fingerprint density at radius 2 is 1.75 bits per heavy atom. The summed E-state index contributed by atoms with van der Waals surface area (Å²) in [6.07, 6.45) is 7.60. The van der Waals surface area contributed by atoms with Crippen LogP contribution in [0.15, 0.2) is 42.5 Å². The Morgan fingerprint density at radius 3 is 2.54 bits per heavy atom. The van der Waals surface area contributed by atoms with Gasteiger partial charge in [-0.05, 0) is 67.3 Å². The van der Waals surface area contributed by atoms with Gasteiger partial charge in [-0.2, -0.15) is 0 Å². The normalized spacial score (nSPS) is 28.9. The number of fused-ring (bicyclic) bond motifs is 2. The number of hydrogen-bond donors (Lipinski definition) is 0. The van der Waals surface area contributed by atoms with Crippen molar-refractivity contribution in [1.29, 1.82) is 0 Å². The second kappa shape index (κ2) is 6.88. The standard InChI is InChI=1S/C25H27NO2/c1-16-7-11-19(12-8-16)26-23-6-4-2-3-5-20-21-13-17(15-27)9-10-18(21)14-22(24(20)23)25(26)28/h7-13,15,20,22-24H,2-6,14H2,1H3. The molecule has 3 nitrogen and oxygen atoms in total. The van der Waals surface area contributed by atoms with Gasteiger partial charge in [0.15, 0.2) is 0 Å². The lowest BCUT2D eigenvalue weighted by atomic mass is 9.65. The number of hydrogen-bond acceptors (Lipinski definition) is 2. The Morgan fingerprint density at radius 1 is 0.964 bits per heavy atom. The first-order chi connectivity index (χ1) is 13.7. The van der Waals surface area contributed by atoms with E-state index in [0.717, 1.165) is 36.8 Å². The van der Waals surface area contributed by atoms with Crippen LogP contribution in [0.3, 0.4) is 0 Å². The van der Waals surface area contributed by atoms with Gasteiger partial charge < -0.3 is 4.90 Å². The summed E-state index contributed by atoms with van der Waals surface area (Å²) in [5.41, 5.74) is 5.63. The Hall–Kier alpha value is -2.42. The minimum absolute atomic E-state index is 0.0731. The Kier molecular flexibility index (Phi) is 4.34. The first kappa shape index (κ1) is 17.7. The molecule has 28 heavy (non-hydrogen) atoms. The van der Waals surface area contributed by atoms with Crippen LogP contribution in [-0.2, 0) is 11.2 Å². The Labute approximate surface area is 166 Å². The summed E-state index contributed by atoms with van der Waals surface area (Å²) in [6, 6.07) is 14.8. The van der Waals surface area contributed by atoms with Crippen molar-refractivity contribution < 1.29 is 9.59 Å². The zero-order chi connectivity index (χ0) is 19.3. The average Bonchev–Trinajstić information content (AvgIpc) is 2.96. The maximum atomic E-state index is 13.6. The smallest absolute Gasteiger partial charge is 0.231 e. The molecule has 5 rings (SSSR count). The fourth-order valence-corrected chi connectivity index (χ4v) is 5.97. The first-order valence-electron chi connectivity index (χ1n) is 10.6. The van der Waals surface area contributed by atoms with Gasteiger partial charge in [0.05, 0.1) is 0 Å². The molecule has 2 aliphatic carbocycles. The molecule has 0 N–H and O–H groups in total. The molecule has 1 heterocycles. The molecule has 2 aromatic carbocycles. The molecular weight excluding hydrogens is 346 g/mol. The predicted molar refractivity (Wildman–Crippen MR) is 111 cm³/mol. The number of amides is 1. The second-order valence-electron chi connectivity index (χ2n) is 8.82. The van der Waals surface area contributed by atoms with Crippen LogP contribution in [0.25, 0.3) is 0 Å². The summed E-state index contributed by atoms with van der Waals surface area (Å²) in [7, 11) is 0. The summed E-state index contributed by atoms with van der Waals surface area (Å²) >= 11 is 0. The zero-order valence-electron chi connectivity index (χ0n) is 16.4. The number of benzene rings is 2. The zero-order valence-corrected chi connectivity index (χ0v) is 16.4. The van der Waals surface area contributed by atoms with Crippen LogP contribution in [0.5, 0.6) is 0 Å². The molecule has 0 radical (unpaired) electrons. The Balaban J connectivity index is 1.61. The summed E-state index contributed by atoms with van der Waals surface area (Å²) in [5.74, 6) is 1.13. The molecule has 4 atom stereocenters. The molecule has 0 bridgehead atoms. The van der Waals surface area contributed by atoms with E-state index in [0.29, 0.717) is 17.7 Å². The van der Waals surface area contributed by atoms with E-state index in [4.69, 9.17) is 0 Å². The van der Waals surface area contributed by atoms with E-state index in [1.165, 1.54) is 36.0 Å². The van der Waals surface area contributed by atoms with Gasteiger partial charge in [-0.1, -0.05) is 49.1 Å². The molecule has 1 amide bonds. The third-order valence-corrected chi connectivity index (χ3v) is 7.23. The summed E-state index contributed by atoms with van der Waals surface area (Å²) in [6.45, 7) is 2.09. The molecular formula is C25H27NO2. The Bertz CT molecular complexity index is 917. The molecule has 2 aromatic rings. The van der Waals surface area contributed by atoms with Gasteiger partial charge in [-0.3, -0.25) is 9.59 Å². The summed E-state index contributed by atoms with van der Waals surface area (Å²) in [5, 5.41) is 0. The topological polar surface area (TPSA) is 37.4 Å². The number of nitrogens with zero attached hydrogens (tertiary/aromatic N) is 1. The highest BCUT2D eigenvalue weighted by Crippen LogP contribution is 2.52. The molecule has 1 saturated heterocycles. The van der Waals surface area contributed by atoms with Crippen molar-refractivity contribution in [3.05, 3.63) is 64.7 Å². The number of carbonyl (C=O) groups is 2. The monoisotopic (exact) mass is 373 g/mol. The predicted octanol–water partition coefficient (Wildman–Crippen LogP) is 5.06. The highest BCUT2D eigenvalue weighted by Gasteiger charge is 2.53. The molecule has 3 aliphatic rings. The molecule has 3 heteroatoms. The lowest BCUT2D eigenvalue weighted by Gasteiger charge is -2.39. The third kappa shape index (κ3) is 2.71. The molecule has 0 aromatic heterocycles. The molecule has 1 aliphatic heterocycles. The summed E-state index contributed by atoms with van der Waals surface area (Å²) in [4.78, 5) is 27.1. The van der Waals surface area contributed by atoms with Crippen molar-refractivity contribution in [2.75, 3.05) is 4.90 Å². The van der Waals surface area contributed by atoms with Crippen LogP contribution in [0.4, 0.5) is 5.69 Å². The van der Waals surface area contributed by atoms with Crippen LogP contribution in [0.2, 0.25) is 0 Å². The number of anilines is 1. The van der Waals surface area contributed by atoms with Crippen molar-refractivity contribution >= 4 is 17.9 Å². The quantitative estimate of drug-likeness (QED) is 0.690. The van der Waals surface area contributed by atoms with Crippen molar-refractivity contribution in [1.82, 2.24) is 0 Å². The van der Waals surface area contributed by atoms with Crippen LogP contribution < -0.4 is 4.90 Å². The van der Waals surface area contributed by atoms with Gasteiger partial charge in [0.2, 0.25) is 5.91 Å². The third-order valence-electron chi connectivity index (χ3n) is 7.23. The van der Waals surface area contributed by atoms with Gasteiger partial charge >= 0.3 is 0 Å². The number of aryl methyl sites for hydroxylation is 1. The highest BCUT2D eigenvalue weighted by molar-refractivity contribution is 5.99. The number of aldehydes is 1. The highest BCUT2D eigenvalue weighted by atomic mass is 16.2. The molecule has 1 saturated carbocycles. The maximum absolute atomic E-state index is 13.6. The van der Waals surface area contributed by atoms with Gasteiger partial charge in [0.25, 0.3) is 0 Å². The lowest BCUT2D eigenvalue weighted by molar-refractivity contribution is -0.121. The maximum Gasteiger partial charge on any atom is 0.231 e. The van der Waals surface area contributed by atoms with Crippen molar-refractivity contribution in [2.45, 2.75) is 57.4 Å². The van der Waals surface area contributed by atoms with Gasteiger partial charge in [0, 0.05) is 23.2 Å². The van der Waals surface area contributed by atoms with Crippen molar-refractivity contribution in [2.24, 2.45) is 11.8 Å². The second-order valence-corrected chi connectivity index (χ2v) is 8.82.